The Balaban J connectivity index is 1.44. The van der Waals surface area contributed by atoms with E-state index in [2.05, 4.69) is 137 Å². The van der Waals surface area contributed by atoms with Gasteiger partial charge in [-0.15, -0.1) is 10.2 Å². The molecular formula is C34H28N4. The van der Waals surface area contributed by atoms with Gasteiger partial charge in [-0.1, -0.05) is 111 Å². The van der Waals surface area contributed by atoms with Crippen LogP contribution in [0.1, 0.15) is 25.3 Å². The highest BCUT2D eigenvalue weighted by Crippen LogP contribution is 2.32. The van der Waals surface area contributed by atoms with E-state index in [9.17, 15) is 0 Å². The van der Waals surface area contributed by atoms with Crippen molar-refractivity contribution >= 4 is 0 Å². The molecule has 4 aromatic carbocycles. The zero-order chi connectivity index (χ0) is 25.9. The lowest BCUT2D eigenvalue weighted by atomic mass is 10.0. The molecule has 0 aliphatic rings. The van der Waals surface area contributed by atoms with E-state index in [0.29, 0.717) is 5.92 Å². The Morgan fingerprint density at radius 3 is 1.58 bits per heavy atom. The first-order valence-corrected chi connectivity index (χ1v) is 12.9. The van der Waals surface area contributed by atoms with Gasteiger partial charge in [0, 0.05) is 29.2 Å². The summed E-state index contributed by atoms with van der Waals surface area (Å²) >= 11 is 0. The van der Waals surface area contributed by atoms with Crippen LogP contribution in [0.15, 0.2) is 128 Å². The van der Waals surface area contributed by atoms with Gasteiger partial charge < -0.3 is 0 Å². The maximum Gasteiger partial charge on any atom is 0.168 e. The maximum absolute atomic E-state index is 4.68. The van der Waals surface area contributed by atoms with E-state index in [1.807, 2.05) is 18.3 Å². The molecule has 0 radical (unpaired) electrons. The Labute approximate surface area is 223 Å². The van der Waals surface area contributed by atoms with Gasteiger partial charge in [0.1, 0.15) is 0 Å². The van der Waals surface area contributed by atoms with Crippen molar-refractivity contribution < 1.29 is 0 Å². The van der Waals surface area contributed by atoms with Crippen LogP contribution in [0.25, 0.3) is 50.7 Å². The molecular weight excluding hydrogens is 464 g/mol. The Morgan fingerprint density at radius 1 is 0.500 bits per heavy atom. The molecule has 0 aliphatic carbocycles. The molecule has 0 saturated carbocycles. The van der Waals surface area contributed by atoms with E-state index in [1.165, 1.54) is 16.7 Å². The van der Waals surface area contributed by atoms with Crippen LogP contribution in [0, 0.1) is 0 Å². The second kappa shape index (κ2) is 10.3. The van der Waals surface area contributed by atoms with Crippen molar-refractivity contribution in [1.29, 1.82) is 0 Å². The fourth-order valence-electron chi connectivity index (χ4n) is 4.70. The molecule has 2 aromatic heterocycles. The molecule has 0 aliphatic heterocycles. The predicted molar refractivity (Wildman–Crippen MR) is 155 cm³/mol. The highest BCUT2D eigenvalue weighted by Gasteiger charge is 2.18. The van der Waals surface area contributed by atoms with Gasteiger partial charge in [0.15, 0.2) is 11.6 Å². The minimum atomic E-state index is 0.473. The van der Waals surface area contributed by atoms with E-state index >= 15 is 0 Å². The van der Waals surface area contributed by atoms with Gasteiger partial charge in [-0.3, -0.25) is 9.55 Å². The molecule has 0 saturated heterocycles. The molecule has 0 unspecified atom stereocenters. The number of benzene rings is 4. The fourth-order valence-corrected chi connectivity index (χ4v) is 4.70. The van der Waals surface area contributed by atoms with Crippen molar-refractivity contribution in [2.45, 2.75) is 19.8 Å². The van der Waals surface area contributed by atoms with Gasteiger partial charge in [-0.2, -0.15) is 0 Å². The smallest absolute Gasteiger partial charge is 0.168 e. The van der Waals surface area contributed by atoms with Gasteiger partial charge in [-0.25, -0.2) is 0 Å². The van der Waals surface area contributed by atoms with Crippen LogP contribution >= 0.6 is 0 Å². The Kier molecular flexibility index (Phi) is 6.37. The van der Waals surface area contributed by atoms with Crippen molar-refractivity contribution in [3.63, 3.8) is 0 Å². The van der Waals surface area contributed by atoms with Crippen molar-refractivity contribution in [3.8, 4) is 50.7 Å². The summed E-state index contributed by atoms with van der Waals surface area (Å²) in [6.45, 7) is 4.41. The average Bonchev–Trinajstić information content (AvgIpc) is 3.43. The van der Waals surface area contributed by atoms with E-state index in [1.54, 1.807) is 6.20 Å². The summed E-state index contributed by atoms with van der Waals surface area (Å²) in [6.07, 6.45) is 3.68. The molecule has 4 heteroatoms. The van der Waals surface area contributed by atoms with Crippen molar-refractivity contribution in [2.24, 2.45) is 0 Å². The number of nitrogens with zero attached hydrogens (tertiary/aromatic N) is 4. The number of rotatable bonds is 6. The van der Waals surface area contributed by atoms with Crippen LogP contribution < -0.4 is 0 Å². The number of hydrogen-bond donors (Lipinski definition) is 0. The summed E-state index contributed by atoms with van der Waals surface area (Å²) in [6, 6.07) is 40.1. The Bertz CT molecular complexity index is 1630. The SMILES string of the molecule is CC(C)c1ccc(-c2nnc(-c3ccc(-c4ccccc4)cc3)n2-c2ccc(-c3cccnc3)cc2)cc1. The fraction of sp³-hybridized carbons (Fsp3) is 0.0882. The first-order valence-electron chi connectivity index (χ1n) is 12.9. The lowest BCUT2D eigenvalue weighted by Gasteiger charge is -2.13. The Morgan fingerprint density at radius 2 is 1.00 bits per heavy atom. The maximum atomic E-state index is 4.68. The molecule has 6 aromatic rings. The van der Waals surface area contributed by atoms with Crippen LogP contribution in [-0.2, 0) is 0 Å². The number of pyridine rings is 1. The van der Waals surface area contributed by atoms with Gasteiger partial charge in [0.05, 0.1) is 0 Å². The largest absolute Gasteiger partial charge is 0.275 e. The lowest BCUT2D eigenvalue weighted by Crippen LogP contribution is -2.01. The van der Waals surface area contributed by atoms with Crippen molar-refractivity contribution in [1.82, 2.24) is 19.7 Å². The van der Waals surface area contributed by atoms with Gasteiger partial charge >= 0.3 is 0 Å². The average molecular weight is 493 g/mol. The highest BCUT2D eigenvalue weighted by atomic mass is 15.3. The molecule has 4 nitrogen and oxygen atoms in total. The van der Waals surface area contributed by atoms with Crippen LogP contribution in [0.2, 0.25) is 0 Å². The van der Waals surface area contributed by atoms with Gasteiger partial charge in [0.2, 0.25) is 0 Å². The van der Waals surface area contributed by atoms with Crippen LogP contribution in [0.5, 0.6) is 0 Å². The first-order chi connectivity index (χ1) is 18.7. The molecule has 0 N–H and O–H groups in total. The molecule has 6 rings (SSSR count). The third-order valence-electron chi connectivity index (χ3n) is 6.87. The molecule has 0 fully saturated rings. The molecule has 2 heterocycles. The lowest BCUT2D eigenvalue weighted by molar-refractivity contribution is 0.866. The van der Waals surface area contributed by atoms with E-state index in [0.717, 1.165) is 39.6 Å². The topological polar surface area (TPSA) is 43.6 Å². The van der Waals surface area contributed by atoms with Crippen LogP contribution in [-0.4, -0.2) is 19.7 Å². The normalized spacial score (nSPS) is 11.1. The summed E-state index contributed by atoms with van der Waals surface area (Å²) in [7, 11) is 0. The summed E-state index contributed by atoms with van der Waals surface area (Å²) in [5, 5.41) is 9.36. The quantitative estimate of drug-likeness (QED) is 0.234. The predicted octanol–water partition coefficient (Wildman–Crippen LogP) is 8.45. The molecule has 0 bridgehead atoms. The number of hydrogen-bond acceptors (Lipinski definition) is 3. The Hall–Kier alpha value is -4.83. The molecule has 0 atom stereocenters. The summed E-state index contributed by atoms with van der Waals surface area (Å²) in [4.78, 5) is 4.26. The zero-order valence-corrected chi connectivity index (χ0v) is 21.5. The van der Waals surface area contributed by atoms with E-state index < -0.39 is 0 Å². The summed E-state index contributed by atoms with van der Waals surface area (Å²) < 4.78 is 2.15. The minimum Gasteiger partial charge on any atom is -0.275 e. The van der Waals surface area contributed by atoms with E-state index in [-0.39, 0.29) is 0 Å². The van der Waals surface area contributed by atoms with Crippen molar-refractivity contribution in [2.75, 3.05) is 0 Å². The zero-order valence-electron chi connectivity index (χ0n) is 21.5. The van der Waals surface area contributed by atoms with Gasteiger partial charge in [-0.05, 0) is 51.9 Å². The van der Waals surface area contributed by atoms with Crippen molar-refractivity contribution in [3.05, 3.63) is 133 Å². The third kappa shape index (κ3) is 4.64. The van der Waals surface area contributed by atoms with E-state index in [4.69, 9.17) is 0 Å². The van der Waals surface area contributed by atoms with Crippen LogP contribution in [0.3, 0.4) is 0 Å². The van der Waals surface area contributed by atoms with Gasteiger partial charge in [0.25, 0.3) is 0 Å². The highest BCUT2D eigenvalue weighted by molar-refractivity contribution is 5.72. The molecule has 0 amide bonds. The monoisotopic (exact) mass is 492 g/mol. The molecule has 0 spiro atoms. The summed E-state index contributed by atoms with van der Waals surface area (Å²) in [5.74, 6) is 2.10. The minimum absolute atomic E-state index is 0.473. The second-order valence-electron chi connectivity index (χ2n) is 9.69. The van der Waals surface area contributed by atoms with Crippen LogP contribution in [0.4, 0.5) is 0 Å². The second-order valence-corrected chi connectivity index (χ2v) is 9.69. The summed E-state index contributed by atoms with van der Waals surface area (Å²) in [5.41, 5.74) is 8.92. The third-order valence-corrected chi connectivity index (χ3v) is 6.87. The standard InChI is InChI=1S/C34H28N4/c1-24(2)25-10-14-29(15-11-25)33-36-37-34(30-16-12-27(13-17-30)26-7-4-3-5-8-26)38(33)32-20-18-28(19-21-32)31-9-6-22-35-23-31/h3-24H,1-2H3. The molecule has 38 heavy (non-hydrogen) atoms. The number of aromatic nitrogens is 4. The first kappa shape index (κ1) is 23.6. The molecule has 184 valence electrons.